The predicted octanol–water partition coefficient (Wildman–Crippen LogP) is 4.10. The number of halogens is 4. The van der Waals surface area contributed by atoms with Crippen LogP contribution in [0.15, 0.2) is 46.9 Å². The molecular formula is C18H14F4N4O4. The molecule has 2 aromatic carbocycles. The summed E-state index contributed by atoms with van der Waals surface area (Å²) in [4.78, 5) is 27.8. The van der Waals surface area contributed by atoms with Gasteiger partial charge < -0.3 is 20.2 Å². The van der Waals surface area contributed by atoms with Gasteiger partial charge in [0.05, 0.1) is 11.3 Å². The smallest absolute Gasteiger partial charge is 0.418 e. The Kier molecular flexibility index (Phi) is 5.76. The molecule has 158 valence electrons. The maximum Gasteiger partial charge on any atom is 0.418 e. The van der Waals surface area contributed by atoms with E-state index >= 15 is 0 Å². The number of nitrogens with one attached hydrogen (secondary N) is 2. The first-order valence-electron chi connectivity index (χ1n) is 8.44. The molecule has 0 spiro atoms. The van der Waals surface area contributed by atoms with Crippen molar-refractivity contribution in [1.29, 1.82) is 0 Å². The highest BCUT2D eigenvalue weighted by Gasteiger charge is 2.38. The Balaban J connectivity index is 2.04. The van der Waals surface area contributed by atoms with Crippen LogP contribution >= 0.6 is 0 Å². The van der Waals surface area contributed by atoms with E-state index in [0.29, 0.717) is 4.90 Å². The number of hydrogen-bond donors (Lipinski definition) is 3. The molecule has 0 radical (unpaired) electrons. The molecule has 0 saturated heterocycles. The highest BCUT2D eigenvalue weighted by molar-refractivity contribution is 5.99. The number of aromatic nitrogens is 1. The number of hydrogen-bond acceptors (Lipinski definition) is 4. The first kappa shape index (κ1) is 20.9. The van der Waals surface area contributed by atoms with Crippen molar-refractivity contribution in [3.05, 3.63) is 53.8 Å². The molecule has 0 aliphatic heterocycles. The molecule has 0 fully saturated rings. The zero-order chi connectivity index (χ0) is 21.9. The second-order valence-corrected chi connectivity index (χ2v) is 5.92. The molecule has 8 nitrogen and oxygen atoms in total. The summed E-state index contributed by atoms with van der Waals surface area (Å²) in [6, 6.07) is 6.51. The molecule has 0 bridgehead atoms. The quantitative estimate of drug-likeness (QED) is 0.421. The maximum atomic E-state index is 13.5. The number of carbonyl (C=O) groups excluding carboxylic acids is 1. The van der Waals surface area contributed by atoms with E-state index in [1.54, 1.807) is 12.1 Å². The minimum atomic E-state index is -4.98. The van der Waals surface area contributed by atoms with Gasteiger partial charge in [0.15, 0.2) is 5.58 Å². The van der Waals surface area contributed by atoms with Gasteiger partial charge in [0, 0.05) is 13.1 Å². The van der Waals surface area contributed by atoms with E-state index in [9.17, 15) is 27.2 Å². The van der Waals surface area contributed by atoms with Gasteiger partial charge in [-0.15, -0.1) is 0 Å². The van der Waals surface area contributed by atoms with Crippen LogP contribution in [0.25, 0.3) is 11.1 Å². The number of carboxylic acid groups (broad SMARTS) is 1. The van der Waals surface area contributed by atoms with Crippen molar-refractivity contribution in [2.45, 2.75) is 6.18 Å². The molecular weight excluding hydrogens is 412 g/mol. The predicted molar refractivity (Wildman–Crippen MR) is 97.0 cm³/mol. The summed E-state index contributed by atoms with van der Waals surface area (Å²) in [5.74, 6) is -1.14. The lowest BCUT2D eigenvalue weighted by Crippen LogP contribution is -2.41. The first-order valence-corrected chi connectivity index (χ1v) is 8.44. The molecule has 30 heavy (non-hydrogen) atoms. The molecule has 12 heteroatoms. The standard InChI is InChI=1S/C18H14F4N4O4/c19-10-5-6-13(11(9-10)18(20,21)22)26(15(27)23-7-8-24-17(28)29)16-25-12-3-1-2-4-14(12)30-16/h1-6,9,24H,7-8H2,(H,23,27)(H,28,29). The Bertz CT molecular complexity index is 1050. The average Bonchev–Trinajstić information content (AvgIpc) is 3.09. The van der Waals surface area contributed by atoms with Crippen molar-refractivity contribution in [3.63, 3.8) is 0 Å². The van der Waals surface area contributed by atoms with Gasteiger partial charge in [0.2, 0.25) is 0 Å². The van der Waals surface area contributed by atoms with E-state index in [1.165, 1.54) is 12.1 Å². The fourth-order valence-electron chi connectivity index (χ4n) is 2.60. The van der Waals surface area contributed by atoms with E-state index in [0.717, 1.165) is 12.1 Å². The van der Waals surface area contributed by atoms with E-state index in [1.807, 2.05) is 5.32 Å². The maximum absolute atomic E-state index is 13.5. The van der Waals surface area contributed by atoms with Crippen LogP contribution in [-0.4, -0.2) is 35.3 Å². The molecule has 3 N–H and O–H groups in total. The van der Waals surface area contributed by atoms with Crippen molar-refractivity contribution in [2.75, 3.05) is 18.0 Å². The van der Waals surface area contributed by atoms with Gasteiger partial charge in [0.25, 0.3) is 0 Å². The zero-order valence-corrected chi connectivity index (χ0v) is 15.0. The molecule has 1 aromatic heterocycles. The summed E-state index contributed by atoms with van der Waals surface area (Å²) in [5.41, 5.74) is -1.62. The van der Waals surface area contributed by atoms with Gasteiger partial charge in [-0.25, -0.2) is 18.9 Å². The van der Waals surface area contributed by atoms with Crippen LogP contribution in [0.3, 0.4) is 0 Å². The minimum Gasteiger partial charge on any atom is -0.465 e. The fourth-order valence-corrected chi connectivity index (χ4v) is 2.60. The number of para-hydroxylation sites is 2. The van der Waals surface area contributed by atoms with Crippen molar-refractivity contribution < 1.29 is 36.7 Å². The van der Waals surface area contributed by atoms with Gasteiger partial charge in [-0.1, -0.05) is 12.1 Å². The first-order chi connectivity index (χ1) is 14.2. The average molecular weight is 426 g/mol. The van der Waals surface area contributed by atoms with Crippen LogP contribution in [0.4, 0.5) is 38.9 Å². The number of amides is 3. The Hall–Kier alpha value is -3.83. The molecule has 0 unspecified atom stereocenters. The molecule has 3 aromatic rings. The molecule has 3 rings (SSSR count). The van der Waals surface area contributed by atoms with Crippen LogP contribution in [0.2, 0.25) is 0 Å². The number of oxazole rings is 1. The third-order valence-corrected chi connectivity index (χ3v) is 3.86. The SMILES string of the molecule is O=C(O)NCCNC(=O)N(c1nc2ccccc2o1)c1ccc(F)cc1C(F)(F)F. The number of urea groups is 1. The van der Waals surface area contributed by atoms with E-state index in [-0.39, 0.29) is 30.3 Å². The van der Waals surface area contributed by atoms with Gasteiger partial charge in [-0.2, -0.15) is 18.2 Å². The molecule has 1 heterocycles. The van der Waals surface area contributed by atoms with E-state index in [4.69, 9.17) is 9.52 Å². The normalized spacial score (nSPS) is 11.3. The van der Waals surface area contributed by atoms with Crippen LogP contribution in [0.5, 0.6) is 0 Å². The summed E-state index contributed by atoms with van der Waals surface area (Å²) in [6.45, 7) is -0.428. The zero-order valence-electron chi connectivity index (χ0n) is 15.0. The van der Waals surface area contributed by atoms with Crippen molar-refractivity contribution in [1.82, 2.24) is 15.6 Å². The fraction of sp³-hybridized carbons (Fsp3) is 0.167. The molecule has 0 aliphatic carbocycles. The largest absolute Gasteiger partial charge is 0.465 e. The third-order valence-electron chi connectivity index (χ3n) is 3.86. The van der Waals surface area contributed by atoms with Crippen LogP contribution in [-0.2, 0) is 6.18 Å². The summed E-state index contributed by atoms with van der Waals surface area (Å²) in [6.07, 6.45) is -6.31. The van der Waals surface area contributed by atoms with Gasteiger partial charge in [-0.3, -0.25) is 0 Å². The van der Waals surface area contributed by atoms with Gasteiger partial charge in [0.1, 0.15) is 11.3 Å². The topological polar surface area (TPSA) is 108 Å². The van der Waals surface area contributed by atoms with Crippen LogP contribution in [0.1, 0.15) is 5.56 Å². The monoisotopic (exact) mass is 426 g/mol. The lowest BCUT2D eigenvalue weighted by molar-refractivity contribution is -0.137. The Labute approximate surface area is 166 Å². The number of alkyl halides is 3. The number of fused-ring (bicyclic) bond motifs is 1. The summed E-state index contributed by atoms with van der Waals surface area (Å²) < 4.78 is 59.5. The van der Waals surface area contributed by atoms with Crippen molar-refractivity contribution >= 4 is 34.9 Å². The lowest BCUT2D eigenvalue weighted by atomic mass is 10.1. The van der Waals surface area contributed by atoms with Crippen LogP contribution < -0.4 is 15.5 Å². The summed E-state index contributed by atoms with van der Waals surface area (Å²) >= 11 is 0. The number of carbonyl (C=O) groups is 2. The number of nitrogens with zero attached hydrogens (tertiary/aromatic N) is 2. The summed E-state index contributed by atoms with van der Waals surface area (Å²) in [7, 11) is 0. The molecule has 0 saturated carbocycles. The highest BCUT2D eigenvalue weighted by Crippen LogP contribution is 2.40. The second-order valence-electron chi connectivity index (χ2n) is 5.92. The van der Waals surface area contributed by atoms with Gasteiger partial charge >= 0.3 is 24.3 Å². The van der Waals surface area contributed by atoms with Crippen LogP contribution in [0, 0.1) is 5.82 Å². The third kappa shape index (κ3) is 4.59. The second kappa shape index (κ2) is 8.27. The Morgan fingerprint density at radius 2 is 1.80 bits per heavy atom. The number of benzene rings is 2. The Morgan fingerprint density at radius 3 is 2.47 bits per heavy atom. The van der Waals surface area contributed by atoms with E-state index < -0.39 is 41.4 Å². The highest BCUT2D eigenvalue weighted by atomic mass is 19.4. The van der Waals surface area contributed by atoms with E-state index in [2.05, 4.69) is 10.3 Å². The number of anilines is 2. The summed E-state index contributed by atoms with van der Waals surface area (Å²) in [5, 5.41) is 12.8. The Morgan fingerprint density at radius 1 is 1.10 bits per heavy atom. The molecule has 0 aliphatic rings. The molecule has 0 atom stereocenters. The number of rotatable bonds is 5. The van der Waals surface area contributed by atoms with Crippen molar-refractivity contribution in [2.24, 2.45) is 0 Å². The minimum absolute atomic E-state index is 0.196. The van der Waals surface area contributed by atoms with Crippen molar-refractivity contribution in [3.8, 4) is 0 Å². The molecule has 3 amide bonds. The lowest BCUT2D eigenvalue weighted by Gasteiger charge is -2.23. The van der Waals surface area contributed by atoms with Gasteiger partial charge in [-0.05, 0) is 30.3 Å².